The highest BCUT2D eigenvalue weighted by Crippen LogP contribution is 2.32. The molecule has 0 saturated carbocycles. The Labute approximate surface area is 190 Å². The molecule has 2 aromatic heterocycles. The van der Waals surface area contributed by atoms with Crippen LogP contribution in [-0.2, 0) is 0 Å². The monoisotopic (exact) mass is 453 g/mol. The quantitative estimate of drug-likeness (QED) is 0.393. The maximum atomic E-state index is 13.6. The number of benzene rings is 2. The number of amides is 1. The van der Waals surface area contributed by atoms with Crippen LogP contribution in [0.15, 0.2) is 54.7 Å². The summed E-state index contributed by atoms with van der Waals surface area (Å²) in [7, 11) is 4.06. The van der Waals surface area contributed by atoms with Gasteiger partial charge in [-0.1, -0.05) is 41.1 Å². The van der Waals surface area contributed by atoms with Gasteiger partial charge in [0.2, 0.25) is 0 Å². The van der Waals surface area contributed by atoms with Crippen molar-refractivity contribution in [2.45, 2.75) is 13.3 Å². The molecule has 8 heteroatoms. The molecule has 0 aliphatic carbocycles. The van der Waals surface area contributed by atoms with Crippen LogP contribution in [-0.4, -0.2) is 52.8 Å². The summed E-state index contributed by atoms with van der Waals surface area (Å²) in [4.78, 5) is 22.2. The van der Waals surface area contributed by atoms with Gasteiger partial charge >= 0.3 is 0 Å². The molecule has 0 bridgehead atoms. The number of anilines is 1. The molecule has 1 amide bonds. The van der Waals surface area contributed by atoms with E-state index in [4.69, 9.17) is 16.6 Å². The first-order chi connectivity index (χ1) is 14.9. The summed E-state index contributed by atoms with van der Waals surface area (Å²) in [5.41, 5.74) is 3.14. The molecule has 0 aliphatic rings. The number of hydrogen-bond donors (Lipinski definition) is 0. The average molecular weight is 454 g/mol. The number of thiazole rings is 1. The van der Waals surface area contributed by atoms with Crippen molar-refractivity contribution in [3.63, 3.8) is 0 Å². The van der Waals surface area contributed by atoms with Crippen molar-refractivity contribution in [1.82, 2.24) is 19.7 Å². The lowest BCUT2D eigenvalue weighted by Gasteiger charge is -2.21. The first kappa shape index (κ1) is 21.5. The van der Waals surface area contributed by atoms with E-state index < -0.39 is 0 Å². The first-order valence-corrected chi connectivity index (χ1v) is 11.3. The zero-order valence-electron chi connectivity index (χ0n) is 17.7. The number of halogens is 1. The number of carbonyl (C=O) groups is 1. The topological polar surface area (TPSA) is 54.3 Å². The summed E-state index contributed by atoms with van der Waals surface area (Å²) in [6, 6.07) is 15.4. The van der Waals surface area contributed by atoms with Gasteiger partial charge in [0.1, 0.15) is 0 Å². The number of rotatable bonds is 7. The molecule has 0 aliphatic heterocycles. The van der Waals surface area contributed by atoms with Crippen LogP contribution in [0.4, 0.5) is 5.13 Å². The maximum absolute atomic E-state index is 13.6. The number of para-hydroxylation sites is 1. The molecule has 4 rings (SSSR count). The molecule has 6 nitrogen and oxygen atoms in total. The zero-order valence-corrected chi connectivity index (χ0v) is 19.3. The third-order valence-corrected chi connectivity index (χ3v) is 6.32. The van der Waals surface area contributed by atoms with E-state index in [9.17, 15) is 4.79 Å². The van der Waals surface area contributed by atoms with Crippen molar-refractivity contribution in [3.05, 3.63) is 71.0 Å². The van der Waals surface area contributed by atoms with Crippen molar-refractivity contribution in [2.75, 3.05) is 32.1 Å². The Morgan fingerprint density at radius 3 is 2.65 bits per heavy atom. The van der Waals surface area contributed by atoms with Crippen molar-refractivity contribution in [3.8, 4) is 5.69 Å². The Balaban J connectivity index is 1.69. The Hall–Kier alpha value is -2.74. The van der Waals surface area contributed by atoms with Gasteiger partial charge in [-0.15, -0.1) is 0 Å². The SMILES string of the molecule is Cc1c(C(=O)N(CCCN(C)C)c2nc3ccc(Cl)cc3s2)cnn1-c1ccccc1. The fourth-order valence-electron chi connectivity index (χ4n) is 3.43. The molecule has 0 atom stereocenters. The van der Waals surface area contributed by atoms with E-state index in [1.165, 1.54) is 11.3 Å². The maximum Gasteiger partial charge on any atom is 0.263 e. The molecule has 0 saturated heterocycles. The summed E-state index contributed by atoms with van der Waals surface area (Å²) < 4.78 is 2.76. The number of carbonyl (C=O) groups excluding carboxylic acids is 1. The number of nitrogens with zero attached hydrogens (tertiary/aromatic N) is 5. The molecule has 0 radical (unpaired) electrons. The summed E-state index contributed by atoms with van der Waals surface area (Å²) in [5.74, 6) is -0.0939. The highest BCUT2D eigenvalue weighted by molar-refractivity contribution is 7.22. The lowest BCUT2D eigenvalue weighted by molar-refractivity contribution is 0.0985. The minimum atomic E-state index is -0.0939. The highest BCUT2D eigenvalue weighted by atomic mass is 35.5. The van der Waals surface area contributed by atoms with Gasteiger partial charge in [0, 0.05) is 11.6 Å². The molecule has 160 valence electrons. The lowest BCUT2D eigenvalue weighted by atomic mass is 10.2. The van der Waals surface area contributed by atoms with Crippen LogP contribution in [0.1, 0.15) is 22.5 Å². The predicted molar refractivity (Wildman–Crippen MR) is 128 cm³/mol. The van der Waals surface area contributed by atoms with E-state index >= 15 is 0 Å². The largest absolute Gasteiger partial charge is 0.309 e. The fraction of sp³-hybridized carbons (Fsp3) is 0.261. The van der Waals surface area contributed by atoms with E-state index in [0.29, 0.717) is 22.3 Å². The fourth-order valence-corrected chi connectivity index (χ4v) is 4.69. The third kappa shape index (κ3) is 4.63. The molecule has 0 fully saturated rings. The normalized spacial score (nSPS) is 11.4. The summed E-state index contributed by atoms with van der Waals surface area (Å²) >= 11 is 7.63. The lowest BCUT2D eigenvalue weighted by Crippen LogP contribution is -2.33. The molecule has 31 heavy (non-hydrogen) atoms. The van der Waals surface area contributed by atoms with Gasteiger partial charge in [-0.3, -0.25) is 9.69 Å². The molecule has 0 spiro atoms. The van der Waals surface area contributed by atoms with Crippen LogP contribution < -0.4 is 4.90 Å². The van der Waals surface area contributed by atoms with Crippen molar-refractivity contribution < 1.29 is 4.79 Å². The van der Waals surface area contributed by atoms with Gasteiger partial charge in [-0.25, -0.2) is 9.67 Å². The summed E-state index contributed by atoms with van der Waals surface area (Å²) in [6.07, 6.45) is 2.48. The summed E-state index contributed by atoms with van der Waals surface area (Å²) in [6.45, 7) is 3.37. The van der Waals surface area contributed by atoms with Crippen molar-refractivity contribution in [1.29, 1.82) is 0 Å². The van der Waals surface area contributed by atoms with Gasteiger partial charge in [-0.05, 0) is 64.3 Å². The Kier molecular flexibility index (Phi) is 6.36. The number of fused-ring (bicyclic) bond motifs is 1. The minimum Gasteiger partial charge on any atom is -0.309 e. The van der Waals surface area contributed by atoms with Crippen LogP contribution in [0.3, 0.4) is 0 Å². The Morgan fingerprint density at radius 2 is 1.90 bits per heavy atom. The van der Waals surface area contributed by atoms with E-state index in [1.807, 2.05) is 69.6 Å². The van der Waals surface area contributed by atoms with E-state index in [0.717, 1.165) is 34.6 Å². The zero-order chi connectivity index (χ0) is 22.0. The van der Waals surface area contributed by atoms with E-state index in [-0.39, 0.29) is 5.91 Å². The van der Waals surface area contributed by atoms with E-state index in [2.05, 4.69) is 10.00 Å². The van der Waals surface area contributed by atoms with Crippen LogP contribution in [0.5, 0.6) is 0 Å². The van der Waals surface area contributed by atoms with Gasteiger partial charge in [0.25, 0.3) is 5.91 Å². The number of aromatic nitrogens is 3. The number of hydrogen-bond acceptors (Lipinski definition) is 5. The predicted octanol–water partition coefficient (Wildman–Crippen LogP) is 5.04. The Bertz CT molecular complexity index is 1200. The molecular formula is C23H24ClN5OS. The van der Waals surface area contributed by atoms with Gasteiger partial charge in [0.15, 0.2) is 5.13 Å². The third-order valence-electron chi connectivity index (χ3n) is 5.04. The van der Waals surface area contributed by atoms with Gasteiger partial charge < -0.3 is 4.90 Å². The molecule has 4 aromatic rings. The minimum absolute atomic E-state index is 0.0939. The van der Waals surface area contributed by atoms with Crippen LogP contribution in [0.25, 0.3) is 15.9 Å². The van der Waals surface area contributed by atoms with Crippen molar-refractivity contribution >= 4 is 44.2 Å². The molecule has 0 N–H and O–H groups in total. The second kappa shape index (κ2) is 9.18. The molecule has 0 unspecified atom stereocenters. The first-order valence-electron chi connectivity index (χ1n) is 10.1. The molecule has 2 heterocycles. The van der Waals surface area contributed by atoms with Gasteiger partial charge in [0.05, 0.1) is 33.4 Å². The van der Waals surface area contributed by atoms with Gasteiger partial charge in [-0.2, -0.15) is 5.10 Å². The van der Waals surface area contributed by atoms with Crippen LogP contribution >= 0.6 is 22.9 Å². The van der Waals surface area contributed by atoms with E-state index in [1.54, 1.807) is 15.8 Å². The Morgan fingerprint density at radius 1 is 1.13 bits per heavy atom. The molecular weight excluding hydrogens is 430 g/mol. The molecule has 2 aromatic carbocycles. The van der Waals surface area contributed by atoms with Crippen LogP contribution in [0.2, 0.25) is 5.02 Å². The second-order valence-corrected chi connectivity index (χ2v) is 9.06. The average Bonchev–Trinajstić information content (AvgIpc) is 3.34. The smallest absolute Gasteiger partial charge is 0.263 e. The highest BCUT2D eigenvalue weighted by Gasteiger charge is 2.25. The van der Waals surface area contributed by atoms with Crippen molar-refractivity contribution in [2.24, 2.45) is 0 Å². The van der Waals surface area contributed by atoms with Crippen LogP contribution in [0, 0.1) is 6.92 Å². The summed E-state index contributed by atoms with van der Waals surface area (Å²) in [5, 5.41) is 5.81. The standard InChI is InChI=1S/C23H24ClN5OS/c1-16-19(15-25-29(16)18-8-5-4-6-9-18)22(30)28(13-7-12-27(2)3)23-26-20-11-10-17(24)14-21(20)31-23/h4-6,8-11,14-15H,7,12-13H2,1-3H3. The second-order valence-electron chi connectivity index (χ2n) is 7.61.